The molecule has 6 nitrogen and oxygen atoms in total. The lowest BCUT2D eigenvalue weighted by molar-refractivity contribution is -0.121. The molecule has 3 rings (SSSR count). The average Bonchev–Trinajstić information content (AvgIpc) is 2.57. The van der Waals surface area contributed by atoms with Crippen LogP contribution in [0.1, 0.15) is 23.0 Å². The van der Waals surface area contributed by atoms with Crippen LogP contribution in [0.5, 0.6) is 0 Å². The summed E-state index contributed by atoms with van der Waals surface area (Å²) in [5.74, 6) is -0.355. The number of anilines is 1. The summed E-state index contributed by atoms with van der Waals surface area (Å²) >= 11 is 0. The summed E-state index contributed by atoms with van der Waals surface area (Å²) in [6, 6.07) is 7.72. The van der Waals surface area contributed by atoms with Gasteiger partial charge in [0.1, 0.15) is 12.2 Å². The Morgan fingerprint density at radius 2 is 1.96 bits per heavy atom. The third kappa shape index (κ3) is 3.06. The van der Waals surface area contributed by atoms with Gasteiger partial charge in [0, 0.05) is 30.7 Å². The first-order valence-corrected chi connectivity index (χ1v) is 7.50. The van der Waals surface area contributed by atoms with Crippen molar-refractivity contribution in [1.82, 2.24) is 14.9 Å². The summed E-state index contributed by atoms with van der Waals surface area (Å²) in [5.41, 5.74) is 2.26. The van der Waals surface area contributed by atoms with Gasteiger partial charge in [-0.3, -0.25) is 14.6 Å². The maximum atomic E-state index is 12.5. The summed E-state index contributed by atoms with van der Waals surface area (Å²) in [4.78, 5) is 36.2. The van der Waals surface area contributed by atoms with E-state index in [2.05, 4.69) is 9.97 Å². The van der Waals surface area contributed by atoms with Gasteiger partial charge in [0.05, 0.1) is 6.20 Å². The molecule has 2 heterocycles. The lowest BCUT2D eigenvalue weighted by Gasteiger charge is -2.39. The number of hydrogen-bond donors (Lipinski definition) is 0. The van der Waals surface area contributed by atoms with Gasteiger partial charge >= 0.3 is 0 Å². The number of benzene rings is 1. The standard InChI is InChI=1S/C17H18N4O2/c1-12-3-5-14(6-4-12)21-10-13(2)20(11-16(21)22)17(23)15-9-18-7-8-19-15/h3-9,13H,10-11H2,1-2H3. The number of carbonyl (C=O) groups excluding carboxylic acids is 2. The Morgan fingerprint density at radius 1 is 1.22 bits per heavy atom. The van der Waals surface area contributed by atoms with Gasteiger partial charge in [-0.25, -0.2) is 4.98 Å². The topological polar surface area (TPSA) is 66.4 Å². The van der Waals surface area contributed by atoms with E-state index in [1.165, 1.54) is 18.6 Å². The van der Waals surface area contributed by atoms with Crippen LogP contribution < -0.4 is 4.90 Å². The molecule has 1 unspecified atom stereocenters. The summed E-state index contributed by atoms with van der Waals surface area (Å²) in [5, 5.41) is 0. The third-order valence-corrected chi connectivity index (χ3v) is 3.97. The number of nitrogens with zero attached hydrogens (tertiary/aromatic N) is 4. The summed E-state index contributed by atoms with van der Waals surface area (Å²) in [6.07, 6.45) is 4.41. The van der Waals surface area contributed by atoms with E-state index in [1.54, 1.807) is 9.80 Å². The fourth-order valence-electron chi connectivity index (χ4n) is 2.65. The van der Waals surface area contributed by atoms with Crippen molar-refractivity contribution < 1.29 is 9.59 Å². The zero-order chi connectivity index (χ0) is 16.4. The second-order valence-electron chi connectivity index (χ2n) is 5.71. The molecule has 1 fully saturated rings. The minimum absolute atomic E-state index is 0.0461. The van der Waals surface area contributed by atoms with Gasteiger partial charge in [0.25, 0.3) is 5.91 Å². The largest absolute Gasteiger partial charge is 0.323 e. The van der Waals surface area contributed by atoms with Crippen molar-refractivity contribution in [3.05, 3.63) is 54.1 Å². The van der Waals surface area contributed by atoms with E-state index in [1.807, 2.05) is 38.1 Å². The van der Waals surface area contributed by atoms with Gasteiger partial charge in [-0.2, -0.15) is 0 Å². The van der Waals surface area contributed by atoms with E-state index in [0.29, 0.717) is 6.54 Å². The number of hydrogen-bond acceptors (Lipinski definition) is 4. The molecule has 0 radical (unpaired) electrons. The zero-order valence-electron chi connectivity index (χ0n) is 13.1. The van der Waals surface area contributed by atoms with Gasteiger partial charge < -0.3 is 9.80 Å². The predicted octanol–water partition coefficient (Wildman–Crippen LogP) is 1.66. The molecular weight excluding hydrogens is 292 g/mol. The lowest BCUT2D eigenvalue weighted by Crippen LogP contribution is -2.57. The number of amides is 2. The van der Waals surface area contributed by atoms with Crippen molar-refractivity contribution in [3.63, 3.8) is 0 Å². The second kappa shape index (κ2) is 6.16. The Bertz CT molecular complexity index is 715. The molecule has 1 aliphatic rings. The SMILES string of the molecule is Cc1ccc(N2CC(C)N(C(=O)c3cnccn3)CC2=O)cc1. The molecule has 1 aromatic heterocycles. The highest BCUT2D eigenvalue weighted by Crippen LogP contribution is 2.21. The van der Waals surface area contributed by atoms with Crippen molar-refractivity contribution in [2.45, 2.75) is 19.9 Å². The van der Waals surface area contributed by atoms with Gasteiger partial charge in [0.15, 0.2) is 0 Å². The maximum Gasteiger partial charge on any atom is 0.274 e. The van der Waals surface area contributed by atoms with E-state index in [0.717, 1.165) is 11.3 Å². The molecule has 118 valence electrons. The number of rotatable bonds is 2. The van der Waals surface area contributed by atoms with Crippen LogP contribution in [0.4, 0.5) is 5.69 Å². The number of aryl methyl sites for hydroxylation is 1. The third-order valence-electron chi connectivity index (χ3n) is 3.97. The van der Waals surface area contributed by atoms with Gasteiger partial charge in [-0.05, 0) is 26.0 Å². The van der Waals surface area contributed by atoms with Crippen molar-refractivity contribution >= 4 is 17.5 Å². The van der Waals surface area contributed by atoms with Gasteiger partial charge in [-0.1, -0.05) is 17.7 Å². The Labute approximate surface area is 134 Å². The normalized spacial score (nSPS) is 18.2. The molecule has 0 aliphatic carbocycles. The molecule has 2 aromatic rings. The summed E-state index contributed by atoms with van der Waals surface area (Å²) < 4.78 is 0. The van der Waals surface area contributed by atoms with Crippen LogP contribution >= 0.6 is 0 Å². The highest BCUT2D eigenvalue weighted by molar-refractivity contribution is 6.01. The Hall–Kier alpha value is -2.76. The van der Waals surface area contributed by atoms with Gasteiger partial charge in [0.2, 0.25) is 5.91 Å². The first kappa shape index (κ1) is 15.1. The quantitative estimate of drug-likeness (QED) is 0.846. The molecule has 0 N–H and O–H groups in total. The van der Waals surface area contributed by atoms with E-state index >= 15 is 0 Å². The summed E-state index contributed by atoms with van der Waals surface area (Å²) in [6.45, 7) is 4.45. The number of piperazine rings is 1. The Kier molecular flexibility index (Phi) is 4.06. The molecule has 2 amide bonds. The minimum Gasteiger partial charge on any atom is -0.323 e. The molecule has 6 heteroatoms. The van der Waals surface area contributed by atoms with Crippen LogP contribution in [0.15, 0.2) is 42.9 Å². The molecule has 1 aromatic carbocycles. The van der Waals surface area contributed by atoms with Crippen LogP contribution in [0, 0.1) is 6.92 Å². The molecule has 0 saturated carbocycles. The highest BCUT2D eigenvalue weighted by Gasteiger charge is 2.34. The Balaban J connectivity index is 1.78. The van der Waals surface area contributed by atoms with Crippen molar-refractivity contribution in [1.29, 1.82) is 0 Å². The van der Waals surface area contributed by atoms with E-state index in [4.69, 9.17) is 0 Å². The molecular formula is C17H18N4O2. The number of carbonyl (C=O) groups is 2. The first-order valence-electron chi connectivity index (χ1n) is 7.50. The monoisotopic (exact) mass is 310 g/mol. The zero-order valence-corrected chi connectivity index (χ0v) is 13.1. The van der Waals surface area contributed by atoms with Crippen LogP contribution in [0.25, 0.3) is 0 Å². The smallest absolute Gasteiger partial charge is 0.274 e. The van der Waals surface area contributed by atoms with Crippen LogP contribution in [0.3, 0.4) is 0 Å². The minimum atomic E-state index is -0.262. The van der Waals surface area contributed by atoms with E-state index < -0.39 is 0 Å². The predicted molar refractivity (Wildman–Crippen MR) is 86.1 cm³/mol. The van der Waals surface area contributed by atoms with E-state index in [9.17, 15) is 9.59 Å². The van der Waals surface area contributed by atoms with Gasteiger partial charge in [-0.15, -0.1) is 0 Å². The second-order valence-corrected chi connectivity index (χ2v) is 5.71. The fraction of sp³-hybridized carbons (Fsp3) is 0.294. The van der Waals surface area contributed by atoms with Crippen molar-refractivity contribution in [2.24, 2.45) is 0 Å². The maximum absolute atomic E-state index is 12.5. The van der Waals surface area contributed by atoms with Crippen molar-refractivity contribution in [2.75, 3.05) is 18.0 Å². The molecule has 23 heavy (non-hydrogen) atoms. The molecule has 1 aliphatic heterocycles. The first-order chi connectivity index (χ1) is 11.1. The molecule has 0 spiro atoms. The van der Waals surface area contributed by atoms with Crippen molar-refractivity contribution in [3.8, 4) is 0 Å². The van der Waals surface area contributed by atoms with Crippen LogP contribution in [-0.2, 0) is 4.79 Å². The fourth-order valence-corrected chi connectivity index (χ4v) is 2.65. The molecule has 1 atom stereocenters. The number of aromatic nitrogens is 2. The lowest BCUT2D eigenvalue weighted by atomic mass is 10.1. The molecule has 0 bridgehead atoms. The van der Waals surface area contributed by atoms with E-state index in [-0.39, 0.29) is 30.1 Å². The Morgan fingerprint density at radius 3 is 2.61 bits per heavy atom. The van der Waals surface area contributed by atoms with Crippen LogP contribution in [-0.4, -0.2) is 45.8 Å². The molecule has 1 saturated heterocycles. The summed E-state index contributed by atoms with van der Waals surface area (Å²) in [7, 11) is 0. The average molecular weight is 310 g/mol. The van der Waals surface area contributed by atoms with Crippen LogP contribution in [0.2, 0.25) is 0 Å². The highest BCUT2D eigenvalue weighted by atomic mass is 16.2.